The van der Waals surface area contributed by atoms with Crippen LogP contribution in [0.4, 0.5) is 4.79 Å². The molecule has 1 aromatic carbocycles. The minimum atomic E-state index is -0.539. The van der Waals surface area contributed by atoms with Crippen molar-refractivity contribution in [2.75, 3.05) is 13.1 Å². The number of nitrogens with one attached hydrogen (secondary N) is 2. The fourth-order valence-corrected chi connectivity index (χ4v) is 4.80. The molecule has 0 spiro atoms. The van der Waals surface area contributed by atoms with E-state index < -0.39 is 5.25 Å². The fourth-order valence-electron chi connectivity index (χ4n) is 2.93. The molecule has 1 aliphatic rings. The Morgan fingerprint density at radius 1 is 1.30 bits per heavy atom. The van der Waals surface area contributed by atoms with Crippen molar-refractivity contribution in [3.63, 3.8) is 0 Å². The quantitative estimate of drug-likeness (QED) is 0.519. The van der Waals surface area contributed by atoms with Crippen LogP contribution in [0.25, 0.3) is 21.3 Å². The van der Waals surface area contributed by atoms with Gasteiger partial charge in [-0.15, -0.1) is 11.3 Å². The summed E-state index contributed by atoms with van der Waals surface area (Å²) in [5.41, 5.74) is 1.57. The number of benzene rings is 1. The van der Waals surface area contributed by atoms with E-state index in [9.17, 15) is 14.4 Å². The fraction of sp³-hybridized carbons (Fsp3) is 0.222. The van der Waals surface area contributed by atoms with E-state index >= 15 is 0 Å². The molecule has 1 fully saturated rings. The van der Waals surface area contributed by atoms with Crippen molar-refractivity contribution in [2.24, 2.45) is 0 Å². The number of urea groups is 1. The van der Waals surface area contributed by atoms with Crippen molar-refractivity contribution in [3.05, 3.63) is 46.1 Å². The lowest BCUT2D eigenvalue weighted by atomic mass is 10.1. The van der Waals surface area contributed by atoms with Crippen LogP contribution in [0, 0.1) is 0 Å². The highest BCUT2D eigenvalue weighted by atomic mass is 32.2. The average molecular weight is 400 g/mol. The van der Waals surface area contributed by atoms with E-state index in [4.69, 9.17) is 0 Å². The van der Waals surface area contributed by atoms with E-state index in [-0.39, 0.29) is 17.5 Å². The van der Waals surface area contributed by atoms with Gasteiger partial charge in [-0.3, -0.25) is 14.5 Å². The van der Waals surface area contributed by atoms with Gasteiger partial charge in [0.1, 0.15) is 4.83 Å². The van der Waals surface area contributed by atoms with E-state index in [1.807, 2.05) is 35.7 Å². The van der Waals surface area contributed by atoms with Crippen LogP contribution in [-0.2, 0) is 4.79 Å². The molecular formula is C18H16N4O3S2. The van der Waals surface area contributed by atoms with Crippen molar-refractivity contribution in [3.8, 4) is 11.1 Å². The molecule has 7 nitrogen and oxygen atoms in total. The maximum absolute atomic E-state index is 12.7. The second-order valence-corrected chi connectivity index (χ2v) is 8.24. The molecule has 9 heteroatoms. The first kappa shape index (κ1) is 17.7. The third kappa shape index (κ3) is 3.35. The average Bonchev–Trinajstić information content (AvgIpc) is 3.28. The van der Waals surface area contributed by atoms with Crippen LogP contribution in [0.2, 0.25) is 0 Å². The molecule has 1 saturated heterocycles. The lowest BCUT2D eigenvalue weighted by Gasteiger charge is -2.16. The van der Waals surface area contributed by atoms with Crippen LogP contribution in [0.1, 0.15) is 6.92 Å². The summed E-state index contributed by atoms with van der Waals surface area (Å²) in [5, 5.41) is 4.90. The molecule has 0 saturated carbocycles. The third-order valence-corrected chi connectivity index (χ3v) is 6.11. The van der Waals surface area contributed by atoms with Gasteiger partial charge in [0.05, 0.1) is 10.6 Å². The third-order valence-electron chi connectivity index (χ3n) is 4.27. The van der Waals surface area contributed by atoms with Gasteiger partial charge in [0.2, 0.25) is 5.91 Å². The predicted octanol–water partition coefficient (Wildman–Crippen LogP) is 2.68. The maximum Gasteiger partial charge on any atom is 0.324 e. The van der Waals surface area contributed by atoms with Crippen molar-refractivity contribution in [1.82, 2.24) is 20.2 Å². The Morgan fingerprint density at radius 2 is 2.07 bits per heavy atom. The Labute approximate surface area is 162 Å². The number of carbonyl (C=O) groups excluding carboxylic acids is 2. The summed E-state index contributed by atoms with van der Waals surface area (Å²) in [6, 6.07) is 9.29. The number of carbonyl (C=O) groups is 2. The number of amides is 3. The number of imide groups is 1. The number of nitrogens with zero attached hydrogens (tertiary/aromatic N) is 2. The summed E-state index contributed by atoms with van der Waals surface area (Å²) < 4.78 is 0. The molecule has 2 aromatic heterocycles. The van der Waals surface area contributed by atoms with Gasteiger partial charge in [0.25, 0.3) is 5.56 Å². The molecule has 0 radical (unpaired) electrons. The number of hydrogen-bond acceptors (Lipinski definition) is 6. The number of hydrogen-bond donors (Lipinski definition) is 2. The van der Waals surface area contributed by atoms with Crippen LogP contribution in [0.5, 0.6) is 0 Å². The summed E-state index contributed by atoms with van der Waals surface area (Å²) in [5.74, 6) is -0.297. The number of thiophene rings is 1. The van der Waals surface area contributed by atoms with Crippen LogP contribution in [-0.4, -0.2) is 45.1 Å². The lowest BCUT2D eigenvalue weighted by Crippen LogP contribution is -2.39. The van der Waals surface area contributed by atoms with Crippen LogP contribution < -0.4 is 10.9 Å². The normalized spacial score (nSPS) is 15.1. The zero-order valence-corrected chi connectivity index (χ0v) is 16.0. The highest BCUT2D eigenvalue weighted by Gasteiger charge is 2.30. The molecule has 2 N–H and O–H groups in total. The SMILES string of the molecule is C[C@H](Sc1nc2scc(-c3ccccc3)c2c(=O)[nH]1)C(=O)N1CCNC1=O. The molecule has 1 aliphatic heterocycles. The number of aromatic amines is 1. The highest BCUT2D eigenvalue weighted by Crippen LogP contribution is 2.32. The first-order valence-corrected chi connectivity index (χ1v) is 10.1. The first-order valence-electron chi connectivity index (χ1n) is 8.37. The zero-order chi connectivity index (χ0) is 19.0. The van der Waals surface area contributed by atoms with Crippen LogP contribution >= 0.6 is 23.1 Å². The minimum absolute atomic E-state index is 0.235. The summed E-state index contributed by atoms with van der Waals surface area (Å²) >= 11 is 2.54. The van der Waals surface area contributed by atoms with Gasteiger partial charge in [-0.05, 0) is 12.5 Å². The van der Waals surface area contributed by atoms with Crippen molar-refractivity contribution >= 4 is 45.3 Å². The molecule has 1 atom stereocenters. The summed E-state index contributed by atoms with van der Waals surface area (Å²) in [7, 11) is 0. The summed E-state index contributed by atoms with van der Waals surface area (Å²) in [4.78, 5) is 45.8. The minimum Gasteiger partial charge on any atom is -0.336 e. The summed E-state index contributed by atoms with van der Waals surface area (Å²) in [6.45, 7) is 2.52. The molecule has 3 amide bonds. The maximum atomic E-state index is 12.7. The smallest absolute Gasteiger partial charge is 0.324 e. The number of fused-ring (bicyclic) bond motifs is 1. The lowest BCUT2D eigenvalue weighted by molar-refractivity contribution is -0.126. The predicted molar refractivity (Wildman–Crippen MR) is 106 cm³/mol. The second-order valence-electron chi connectivity index (χ2n) is 6.05. The van der Waals surface area contributed by atoms with Crippen molar-refractivity contribution in [1.29, 1.82) is 0 Å². The molecule has 27 heavy (non-hydrogen) atoms. The molecular weight excluding hydrogens is 384 g/mol. The van der Waals surface area contributed by atoms with Gasteiger partial charge in [0.15, 0.2) is 5.16 Å². The number of H-pyrrole nitrogens is 1. The topological polar surface area (TPSA) is 95.2 Å². The van der Waals surface area contributed by atoms with E-state index in [1.165, 1.54) is 16.2 Å². The molecule has 0 aliphatic carbocycles. The van der Waals surface area contributed by atoms with Gasteiger partial charge < -0.3 is 10.3 Å². The zero-order valence-electron chi connectivity index (χ0n) is 14.4. The van der Waals surface area contributed by atoms with Gasteiger partial charge >= 0.3 is 6.03 Å². The van der Waals surface area contributed by atoms with E-state index in [0.717, 1.165) is 22.9 Å². The molecule has 3 heterocycles. The van der Waals surface area contributed by atoms with Crippen LogP contribution in [0.15, 0.2) is 45.7 Å². The first-order chi connectivity index (χ1) is 13.0. The molecule has 0 bridgehead atoms. The molecule has 3 aromatic rings. The largest absolute Gasteiger partial charge is 0.336 e. The summed E-state index contributed by atoms with van der Waals surface area (Å²) in [6.07, 6.45) is 0. The number of aromatic nitrogens is 2. The molecule has 4 rings (SSSR count). The van der Waals surface area contributed by atoms with E-state index in [2.05, 4.69) is 15.3 Å². The Balaban J connectivity index is 1.62. The van der Waals surface area contributed by atoms with E-state index in [0.29, 0.717) is 28.5 Å². The Kier molecular flexibility index (Phi) is 4.71. The Morgan fingerprint density at radius 3 is 2.78 bits per heavy atom. The van der Waals surface area contributed by atoms with Crippen molar-refractivity contribution in [2.45, 2.75) is 17.3 Å². The molecule has 0 unspecified atom stereocenters. The van der Waals surface area contributed by atoms with Crippen molar-refractivity contribution < 1.29 is 9.59 Å². The van der Waals surface area contributed by atoms with E-state index in [1.54, 1.807) is 6.92 Å². The monoisotopic (exact) mass is 400 g/mol. The standard InChI is InChI=1S/C18H16N4O3S2/c1-10(16(24)22-8-7-19-18(22)25)27-17-20-14(23)13-12(9-26-15(13)21-17)11-5-3-2-4-6-11/h2-6,9-10H,7-8H2,1H3,(H,19,25)(H,20,21,23)/t10-/m0/s1. The second kappa shape index (κ2) is 7.16. The van der Waals surface area contributed by atoms with Gasteiger partial charge in [-0.25, -0.2) is 9.78 Å². The molecule has 138 valence electrons. The van der Waals surface area contributed by atoms with Gasteiger partial charge in [-0.2, -0.15) is 0 Å². The number of rotatable bonds is 4. The highest BCUT2D eigenvalue weighted by molar-refractivity contribution is 8.00. The van der Waals surface area contributed by atoms with Gasteiger partial charge in [-0.1, -0.05) is 42.1 Å². The van der Waals surface area contributed by atoms with Gasteiger partial charge in [0, 0.05) is 24.0 Å². The number of thioether (sulfide) groups is 1. The van der Waals surface area contributed by atoms with Crippen LogP contribution in [0.3, 0.4) is 0 Å². The Bertz CT molecular complexity index is 1080. The Hall–Kier alpha value is -2.65.